The first-order valence-electron chi connectivity index (χ1n) is 11.2. The minimum atomic E-state index is -0.913. The molecule has 0 saturated heterocycles. The summed E-state index contributed by atoms with van der Waals surface area (Å²) < 4.78 is 24.9. The summed E-state index contributed by atoms with van der Waals surface area (Å²) in [7, 11) is 2.45. The van der Waals surface area contributed by atoms with Crippen LogP contribution in [0.2, 0.25) is 5.02 Å². The molecule has 36 heavy (non-hydrogen) atoms. The Labute approximate surface area is 217 Å². The molecule has 0 saturated carbocycles. The third-order valence-electron chi connectivity index (χ3n) is 5.66. The number of carbonyl (C=O) groups is 4. The molecule has 1 aliphatic carbocycles. The minimum Gasteiger partial charge on any atom is -0.468 e. The summed E-state index contributed by atoms with van der Waals surface area (Å²) in [5.74, 6) is -3.69. The van der Waals surface area contributed by atoms with Gasteiger partial charge in [0.15, 0.2) is 0 Å². The van der Waals surface area contributed by atoms with Gasteiger partial charge in [0.25, 0.3) is 11.8 Å². The highest BCUT2D eigenvalue weighted by Crippen LogP contribution is 2.38. The first-order chi connectivity index (χ1) is 17.2. The zero-order valence-electron chi connectivity index (χ0n) is 20.0. The molecular formula is C26H25ClFNO6S. The zero-order chi connectivity index (χ0) is 26.4. The van der Waals surface area contributed by atoms with Gasteiger partial charge in [-0.3, -0.25) is 14.4 Å². The Hall–Kier alpha value is -3.17. The van der Waals surface area contributed by atoms with E-state index in [1.807, 2.05) is 0 Å². The Morgan fingerprint density at radius 1 is 0.972 bits per heavy atom. The third kappa shape index (κ3) is 5.96. The van der Waals surface area contributed by atoms with E-state index >= 15 is 4.39 Å². The van der Waals surface area contributed by atoms with Crippen molar-refractivity contribution in [3.63, 3.8) is 0 Å². The Balaban J connectivity index is 2.17. The molecule has 2 aromatic carbocycles. The van der Waals surface area contributed by atoms with E-state index in [2.05, 4.69) is 0 Å². The lowest BCUT2D eigenvalue weighted by Gasteiger charge is -2.26. The van der Waals surface area contributed by atoms with Crippen molar-refractivity contribution in [1.82, 2.24) is 0 Å². The summed E-state index contributed by atoms with van der Waals surface area (Å²) in [6, 6.07) is 10.2. The molecule has 0 fully saturated rings. The van der Waals surface area contributed by atoms with E-state index in [4.69, 9.17) is 21.1 Å². The van der Waals surface area contributed by atoms with Gasteiger partial charge in [0, 0.05) is 21.6 Å². The summed E-state index contributed by atoms with van der Waals surface area (Å²) in [6.07, 6.45) is 1.84. The van der Waals surface area contributed by atoms with Crippen molar-refractivity contribution in [3.8, 4) is 0 Å². The van der Waals surface area contributed by atoms with E-state index in [1.54, 1.807) is 25.1 Å². The van der Waals surface area contributed by atoms with Crippen LogP contribution >= 0.6 is 23.4 Å². The number of hydrogen-bond donors (Lipinski definition) is 0. The Bertz CT molecular complexity index is 1220. The van der Waals surface area contributed by atoms with Crippen LogP contribution in [0.4, 0.5) is 10.1 Å². The van der Waals surface area contributed by atoms with Crippen LogP contribution in [0.1, 0.15) is 43.0 Å². The van der Waals surface area contributed by atoms with Gasteiger partial charge in [-0.1, -0.05) is 29.8 Å². The molecule has 0 aliphatic heterocycles. The molecule has 0 spiro atoms. The van der Waals surface area contributed by atoms with Gasteiger partial charge in [0.05, 0.1) is 24.9 Å². The number of halogens is 2. The lowest BCUT2D eigenvalue weighted by Crippen LogP contribution is -2.40. The van der Waals surface area contributed by atoms with Crippen molar-refractivity contribution in [2.45, 2.75) is 42.8 Å². The number of anilines is 1. The topological polar surface area (TPSA) is 90.0 Å². The van der Waals surface area contributed by atoms with Crippen LogP contribution in [-0.4, -0.2) is 43.2 Å². The highest BCUT2D eigenvalue weighted by Gasteiger charge is 2.34. The number of hydrogen-bond acceptors (Lipinski definition) is 7. The fourth-order valence-corrected chi connectivity index (χ4v) is 5.04. The standard InChI is InChI=1S/C26H25ClFNO6S/c1-15(25(32)34-2)36-22-14-21(20(28)13-19(22)27)29(23(30)16-9-5-4-6-10-16)24(31)17-11-7-8-12-18(17)26(33)35-3/h4-6,9-10,13-15H,7-8,11-12H2,1-3H3. The number of benzene rings is 2. The minimum absolute atomic E-state index is 0.00342. The highest BCUT2D eigenvalue weighted by molar-refractivity contribution is 8.00. The summed E-state index contributed by atoms with van der Waals surface area (Å²) >= 11 is 7.23. The largest absolute Gasteiger partial charge is 0.468 e. The molecule has 3 rings (SSSR count). The van der Waals surface area contributed by atoms with Gasteiger partial charge in [-0.2, -0.15) is 0 Å². The maximum absolute atomic E-state index is 15.3. The van der Waals surface area contributed by atoms with E-state index in [1.165, 1.54) is 32.4 Å². The van der Waals surface area contributed by atoms with Gasteiger partial charge in [0.1, 0.15) is 11.1 Å². The molecule has 0 N–H and O–H groups in total. The number of carbonyl (C=O) groups excluding carboxylic acids is 4. The summed E-state index contributed by atoms with van der Waals surface area (Å²) in [6.45, 7) is 1.59. The van der Waals surface area contributed by atoms with Gasteiger partial charge in [-0.15, -0.1) is 11.8 Å². The van der Waals surface area contributed by atoms with Crippen LogP contribution in [-0.2, 0) is 23.9 Å². The highest BCUT2D eigenvalue weighted by atomic mass is 35.5. The molecular weight excluding hydrogens is 509 g/mol. The predicted molar refractivity (Wildman–Crippen MR) is 135 cm³/mol. The average Bonchev–Trinajstić information content (AvgIpc) is 2.90. The number of nitrogens with zero attached hydrogens (tertiary/aromatic N) is 1. The van der Waals surface area contributed by atoms with Crippen LogP contribution in [0.25, 0.3) is 0 Å². The molecule has 2 amide bonds. The third-order valence-corrected chi connectivity index (χ3v) is 7.23. The second kappa shape index (κ2) is 12.2. The Morgan fingerprint density at radius 2 is 1.61 bits per heavy atom. The van der Waals surface area contributed by atoms with Gasteiger partial charge >= 0.3 is 11.9 Å². The molecule has 0 bridgehead atoms. The molecule has 0 heterocycles. The van der Waals surface area contributed by atoms with Crippen molar-refractivity contribution in [1.29, 1.82) is 0 Å². The SMILES string of the molecule is COC(=O)C1=C(C(=O)N(C(=O)c2ccccc2)c2cc(SC(C)C(=O)OC)c(Cl)cc2F)CCCC1. The second-order valence-corrected chi connectivity index (χ2v) is 9.77. The van der Waals surface area contributed by atoms with Crippen molar-refractivity contribution in [2.24, 2.45) is 0 Å². The summed E-state index contributed by atoms with van der Waals surface area (Å²) in [5, 5.41) is -0.685. The molecule has 2 aromatic rings. The molecule has 1 unspecified atom stereocenters. The van der Waals surface area contributed by atoms with Crippen LogP contribution in [0.5, 0.6) is 0 Å². The van der Waals surface area contributed by atoms with Crippen molar-refractivity contribution < 1.29 is 33.0 Å². The van der Waals surface area contributed by atoms with E-state index in [9.17, 15) is 19.2 Å². The van der Waals surface area contributed by atoms with Crippen LogP contribution < -0.4 is 4.90 Å². The lowest BCUT2D eigenvalue weighted by atomic mass is 9.90. The zero-order valence-corrected chi connectivity index (χ0v) is 21.6. The van der Waals surface area contributed by atoms with Crippen molar-refractivity contribution in [3.05, 3.63) is 70.0 Å². The van der Waals surface area contributed by atoms with Gasteiger partial charge in [-0.05, 0) is 56.9 Å². The molecule has 1 aliphatic rings. The quantitative estimate of drug-likeness (QED) is 0.269. The molecule has 190 valence electrons. The maximum Gasteiger partial charge on any atom is 0.334 e. The molecule has 0 radical (unpaired) electrons. The summed E-state index contributed by atoms with van der Waals surface area (Å²) in [4.78, 5) is 52.7. The van der Waals surface area contributed by atoms with Crippen molar-refractivity contribution >= 4 is 52.8 Å². The van der Waals surface area contributed by atoms with Gasteiger partial charge in [0.2, 0.25) is 0 Å². The van der Waals surface area contributed by atoms with Gasteiger partial charge < -0.3 is 9.47 Å². The number of esters is 2. The monoisotopic (exact) mass is 533 g/mol. The Kier molecular flexibility index (Phi) is 9.28. The van der Waals surface area contributed by atoms with Crippen LogP contribution in [0.15, 0.2) is 58.5 Å². The van der Waals surface area contributed by atoms with Crippen LogP contribution in [0.3, 0.4) is 0 Å². The number of rotatable bonds is 7. The predicted octanol–water partition coefficient (Wildman–Crippen LogP) is 5.35. The number of amides is 2. The second-order valence-electron chi connectivity index (χ2n) is 7.98. The fourth-order valence-electron chi connectivity index (χ4n) is 3.83. The smallest absolute Gasteiger partial charge is 0.334 e. The number of ether oxygens (including phenoxy) is 2. The summed E-state index contributed by atoms with van der Waals surface area (Å²) in [5.41, 5.74) is 0.0697. The maximum atomic E-state index is 15.3. The molecule has 0 aromatic heterocycles. The Morgan fingerprint density at radius 3 is 2.22 bits per heavy atom. The number of thioether (sulfide) groups is 1. The average molecular weight is 534 g/mol. The molecule has 1 atom stereocenters. The lowest BCUT2D eigenvalue weighted by molar-refractivity contribution is -0.139. The van der Waals surface area contributed by atoms with E-state index in [-0.39, 0.29) is 38.7 Å². The van der Waals surface area contributed by atoms with E-state index in [0.29, 0.717) is 19.3 Å². The first-order valence-corrected chi connectivity index (χ1v) is 12.4. The first kappa shape index (κ1) is 27.4. The fraction of sp³-hybridized carbons (Fsp3) is 0.308. The van der Waals surface area contributed by atoms with Gasteiger partial charge in [-0.25, -0.2) is 14.1 Å². The van der Waals surface area contributed by atoms with E-state index < -0.39 is 34.8 Å². The van der Waals surface area contributed by atoms with Crippen molar-refractivity contribution in [2.75, 3.05) is 19.1 Å². The van der Waals surface area contributed by atoms with Crippen LogP contribution in [0, 0.1) is 5.82 Å². The molecule has 10 heteroatoms. The molecule has 7 nitrogen and oxygen atoms in total. The van der Waals surface area contributed by atoms with E-state index in [0.717, 1.165) is 22.7 Å². The number of methoxy groups -OCH3 is 2. The number of imide groups is 1. The normalized spacial score (nSPS) is 14.1.